The minimum atomic E-state index is -3.54. The van der Waals surface area contributed by atoms with Gasteiger partial charge >= 0.3 is 0 Å². The first-order valence-corrected chi connectivity index (χ1v) is 7.41. The number of nitrogens with two attached hydrogens (primary N) is 1. The van der Waals surface area contributed by atoms with Crippen molar-refractivity contribution in [2.75, 3.05) is 12.3 Å². The summed E-state index contributed by atoms with van der Waals surface area (Å²) in [7, 11) is -3.54. The van der Waals surface area contributed by atoms with Gasteiger partial charge in [-0.05, 0) is 19.0 Å². The number of nitro benzene ring substituents is 2. The Hall–Kier alpha value is -2.07. The number of rotatable bonds is 7. The standard InChI is InChI=1S/C10H13N3O6S/c11-4-1-5-20(18,19)7-8-2-3-9(12(14)15)6-10(8)13(16)17/h2-3,6H,1,4-5,7,11H2. The van der Waals surface area contributed by atoms with Crippen molar-refractivity contribution in [2.24, 2.45) is 5.73 Å². The van der Waals surface area contributed by atoms with Crippen molar-refractivity contribution < 1.29 is 18.3 Å². The Morgan fingerprint density at radius 1 is 1.15 bits per heavy atom. The molecule has 1 aromatic rings. The number of non-ortho nitro benzene ring substituents is 1. The van der Waals surface area contributed by atoms with Crippen molar-refractivity contribution in [3.63, 3.8) is 0 Å². The van der Waals surface area contributed by atoms with Gasteiger partial charge in [0.05, 0.1) is 27.4 Å². The van der Waals surface area contributed by atoms with Crippen molar-refractivity contribution in [3.8, 4) is 0 Å². The average molecular weight is 303 g/mol. The molecule has 0 amide bonds. The van der Waals surface area contributed by atoms with E-state index in [4.69, 9.17) is 5.73 Å². The van der Waals surface area contributed by atoms with Gasteiger partial charge in [-0.1, -0.05) is 0 Å². The maximum atomic E-state index is 11.7. The van der Waals surface area contributed by atoms with Crippen LogP contribution in [0.3, 0.4) is 0 Å². The molecule has 0 aromatic heterocycles. The minimum Gasteiger partial charge on any atom is -0.330 e. The lowest BCUT2D eigenvalue weighted by Gasteiger charge is -2.04. The number of nitro groups is 2. The minimum absolute atomic E-state index is 0.0716. The van der Waals surface area contributed by atoms with Crippen LogP contribution in [0, 0.1) is 20.2 Å². The summed E-state index contributed by atoms with van der Waals surface area (Å²) in [5.41, 5.74) is 4.11. The smallest absolute Gasteiger partial charge is 0.280 e. The summed E-state index contributed by atoms with van der Waals surface area (Å²) in [6.07, 6.45) is 0.253. The molecular formula is C10H13N3O6S. The molecule has 0 saturated carbocycles. The van der Waals surface area contributed by atoms with Crippen molar-refractivity contribution in [3.05, 3.63) is 44.0 Å². The van der Waals surface area contributed by atoms with Crippen LogP contribution < -0.4 is 5.73 Å². The molecule has 0 aliphatic carbocycles. The largest absolute Gasteiger partial charge is 0.330 e. The molecule has 10 heteroatoms. The number of hydrogen-bond donors (Lipinski definition) is 1. The Labute approximate surface area is 114 Å². The average Bonchev–Trinajstić information content (AvgIpc) is 2.36. The molecule has 0 aliphatic rings. The second-order valence-corrected chi connectivity index (χ2v) is 6.25. The molecule has 0 unspecified atom stereocenters. The molecule has 0 atom stereocenters. The quantitative estimate of drug-likeness (QED) is 0.577. The SMILES string of the molecule is NCCCS(=O)(=O)Cc1ccc([N+](=O)[O-])cc1[N+](=O)[O-]. The number of hydrogen-bond acceptors (Lipinski definition) is 7. The maximum Gasteiger partial charge on any atom is 0.280 e. The van der Waals surface area contributed by atoms with Gasteiger partial charge in [0.25, 0.3) is 11.4 Å². The maximum absolute atomic E-state index is 11.7. The van der Waals surface area contributed by atoms with E-state index in [2.05, 4.69) is 0 Å². The van der Waals surface area contributed by atoms with E-state index in [9.17, 15) is 28.6 Å². The predicted octanol–water partition coefficient (Wildman–Crippen LogP) is 0.767. The van der Waals surface area contributed by atoms with Gasteiger partial charge in [0.1, 0.15) is 0 Å². The first kappa shape index (κ1) is 16.0. The molecule has 0 heterocycles. The normalized spacial score (nSPS) is 11.2. The van der Waals surface area contributed by atoms with Gasteiger partial charge in [-0.3, -0.25) is 20.2 Å². The first-order chi connectivity index (χ1) is 9.26. The van der Waals surface area contributed by atoms with Crippen LogP contribution in [0.2, 0.25) is 0 Å². The molecule has 1 rings (SSSR count). The third-order valence-electron chi connectivity index (χ3n) is 2.51. The lowest BCUT2D eigenvalue weighted by molar-refractivity contribution is -0.394. The Balaban J connectivity index is 3.12. The van der Waals surface area contributed by atoms with Crippen LogP contribution in [-0.2, 0) is 15.6 Å². The van der Waals surface area contributed by atoms with Gasteiger partial charge < -0.3 is 5.73 Å². The van der Waals surface area contributed by atoms with Crippen LogP contribution in [0.1, 0.15) is 12.0 Å². The van der Waals surface area contributed by atoms with Crippen LogP contribution in [0.15, 0.2) is 18.2 Å². The summed E-state index contributed by atoms with van der Waals surface area (Å²) in [4.78, 5) is 19.8. The summed E-state index contributed by atoms with van der Waals surface area (Å²) in [6, 6.07) is 2.89. The van der Waals surface area contributed by atoms with Gasteiger partial charge in [0.2, 0.25) is 0 Å². The van der Waals surface area contributed by atoms with Crippen LogP contribution >= 0.6 is 0 Å². The van der Waals surface area contributed by atoms with Gasteiger partial charge in [0, 0.05) is 11.6 Å². The van der Waals surface area contributed by atoms with Crippen molar-refractivity contribution >= 4 is 21.2 Å². The van der Waals surface area contributed by atoms with E-state index in [1.165, 1.54) is 0 Å². The second kappa shape index (κ2) is 6.39. The third kappa shape index (κ3) is 4.24. The summed E-state index contributed by atoms with van der Waals surface area (Å²) in [5, 5.41) is 21.4. The van der Waals surface area contributed by atoms with E-state index in [1.54, 1.807) is 0 Å². The van der Waals surface area contributed by atoms with E-state index in [1.807, 2.05) is 0 Å². The fourth-order valence-electron chi connectivity index (χ4n) is 1.57. The van der Waals surface area contributed by atoms with Crippen molar-refractivity contribution in [2.45, 2.75) is 12.2 Å². The van der Waals surface area contributed by atoms with Gasteiger partial charge in [-0.2, -0.15) is 0 Å². The molecule has 0 saturated heterocycles. The second-order valence-electron chi connectivity index (χ2n) is 4.06. The lowest BCUT2D eigenvalue weighted by atomic mass is 10.2. The van der Waals surface area contributed by atoms with Crippen LogP contribution in [0.25, 0.3) is 0 Å². The Kier molecular flexibility index (Phi) is 5.11. The van der Waals surface area contributed by atoms with Crippen molar-refractivity contribution in [1.29, 1.82) is 0 Å². The summed E-state index contributed by atoms with van der Waals surface area (Å²) < 4.78 is 23.5. The van der Waals surface area contributed by atoms with Crippen LogP contribution in [0.4, 0.5) is 11.4 Å². The molecule has 1 aromatic carbocycles. The summed E-state index contributed by atoms with van der Waals surface area (Å²) in [6.45, 7) is 0.196. The van der Waals surface area contributed by atoms with Gasteiger partial charge in [-0.25, -0.2) is 8.42 Å². The monoisotopic (exact) mass is 303 g/mol. The molecule has 110 valence electrons. The third-order valence-corrected chi connectivity index (χ3v) is 4.17. The van der Waals surface area contributed by atoms with Gasteiger partial charge in [0.15, 0.2) is 9.84 Å². The van der Waals surface area contributed by atoms with E-state index < -0.39 is 36.8 Å². The zero-order chi connectivity index (χ0) is 15.3. The zero-order valence-electron chi connectivity index (χ0n) is 10.4. The Bertz CT molecular complexity index is 628. The molecular weight excluding hydrogens is 290 g/mol. The molecule has 0 spiro atoms. The Morgan fingerprint density at radius 3 is 2.30 bits per heavy atom. The highest BCUT2D eigenvalue weighted by Gasteiger charge is 2.23. The first-order valence-electron chi connectivity index (χ1n) is 5.59. The summed E-state index contributed by atoms with van der Waals surface area (Å²) in [5.74, 6) is -0.723. The summed E-state index contributed by atoms with van der Waals surface area (Å²) >= 11 is 0. The number of sulfone groups is 1. The number of benzene rings is 1. The highest BCUT2D eigenvalue weighted by molar-refractivity contribution is 7.90. The predicted molar refractivity (Wildman–Crippen MR) is 70.9 cm³/mol. The van der Waals surface area contributed by atoms with E-state index in [0.717, 1.165) is 18.2 Å². The van der Waals surface area contributed by atoms with Crippen molar-refractivity contribution in [1.82, 2.24) is 0 Å². The fraction of sp³-hybridized carbons (Fsp3) is 0.400. The molecule has 20 heavy (non-hydrogen) atoms. The fourth-order valence-corrected chi connectivity index (χ4v) is 3.04. The zero-order valence-corrected chi connectivity index (χ0v) is 11.2. The molecule has 0 bridgehead atoms. The molecule has 9 nitrogen and oxygen atoms in total. The molecule has 0 fully saturated rings. The van der Waals surface area contributed by atoms with E-state index in [0.29, 0.717) is 0 Å². The topological polar surface area (TPSA) is 146 Å². The lowest BCUT2D eigenvalue weighted by Crippen LogP contribution is -2.14. The highest BCUT2D eigenvalue weighted by atomic mass is 32.2. The molecule has 2 N–H and O–H groups in total. The molecule has 0 radical (unpaired) electrons. The van der Waals surface area contributed by atoms with E-state index in [-0.39, 0.29) is 24.3 Å². The number of nitrogens with zero attached hydrogens (tertiary/aromatic N) is 2. The highest BCUT2D eigenvalue weighted by Crippen LogP contribution is 2.26. The van der Waals surface area contributed by atoms with Gasteiger partial charge in [-0.15, -0.1) is 0 Å². The van der Waals surface area contributed by atoms with Crippen LogP contribution in [-0.4, -0.2) is 30.6 Å². The molecule has 0 aliphatic heterocycles. The Morgan fingerprint density at radius 2 is 1.80 bits per heavy atom. The van der Waals surface area contributed by atoms with Crippen LogP contribution in [0.5, 0.6) is 0 Å². The van der Waals surface area contributed by atoms with E-state index >= 15 is 0 Å².